The summed E-state index contributed by atoms with van der Waals surface area (Å²) in [5, 5.41) is 4.74. The van der Waals surface area contributed by atoms with Crippen molar-refractivity contribution in [1.82, 2.24) is 20.2 Å². The van der Waals surface area contributed by atoms with Crippen LogP contribution >= 0.6 is 0 Å². The molecule has 1 saturated heterocycles. The van der Waals surface area contributed by atoms with Crippen molar-refractivity contribution in [3.63, 3.8) is 0 Å². The molecule has 0 atom stereocenters. The summed E-state index contributed by atoms with van der Waals surface area (Å²) < 4.78 is 11.0. The zero-order valence-electron chi connectivity index (χ0n) is 25.9. The summed E-state index contributed by atoms with van der Waals surface area (Å²) in [6.07, 6.45) is 7.37. The van der Waals surface area contributed by atoms with E-state index in [1.165, 1.54) is 24.0 Å². The van der Waals surface area contributed by atoms with Crippen molar-refractivity contribution >= 4 is 22.6 Å². The lowest BCUT2D eigenvalue weighted by atomic mass is 9.95. The summed E-state index contributed by atoms with van der Waals surface area (Å²) in [6.45, 7) is 6.43. The molecule has 3 heterocycles. The minimum absolute atomic E-state index is 0.147. The van der Waals surface area contributed by atoms with Gasteiger partial charge in [0.25, 0.3) is 5.91 Å². The molecule has 8 nitrogen and oxygen atoms in total. The number of hydrogen-bond donors (Lipinski definition) is 1. The number of ether oxygens (including phenoxy) is 2. The Morgan fingerprint density at radius 2 is 1.70 bits per heavy atom. The van der Waals surface area contributed by atoms with Crippen molar-refractivity contribution in [3.8, 4) is 22.6 Å². The molecule has 0 spiro atoms. The minimum atomic E-state index is 0.147. The van der Waals surface area contributed by atoms with Gasteiger partial charge in [-0.3, -0.25) is 4.79 Å². The molecule has 0 radical (unpaired) electrons. The van der Waals surface area contributed by atoms with Crippen molar-refractivity contribution in [1.29, 1.82) is 0 Å². The van der Waals surface area contributed by atoms with E-state index in [2.05, 4.69) is 46.4 Å². The van der Waals surface area contributed by atoms with E-state index in [4.69, 9.17) is 14.5 Å². The van der Waals surface area contributed by atoms with Crippen LogP contribution in [-0.4, -0.2) is 67.2 Å². The van der Waals surface area contributed by atoms with Crippen LogP contribution in [0.4, 0.5) is 5.82 Å². The first kappa shape index (κ1) is 28.6. The van der Waals surface area contributed by atoms with Crippen LogP contribution in [0.3, 0.4) is 0 Å². The van der Waals surface area contributed by atoms with Crippen molar-refractivity contribution in [2.24, 2.45) is 5.92 Å². The first-order valence-corrected chi connectivity index (χ1v) is 15.9. The second kappa shape index (κ2) is 12.1. The Balaban J connectivity index is 1.12. The Morgan fingerprint density at radius 3 is 2.48 bits per heavy atom. The zero-order valence-corrected chi connectivity index (χ0v) is 25.9. The second-order valence-corrected chi connectivity index (χ2v) is 12.5. The highest BCUT2D eigenvalue weighted by Crippen LogP contribution is 2.37. The van der Waals surface area contributed by atoms with Gasteiger partial charge in [-0.1, -0.05) is 12.1 Å². The van der Waals surface area contributed by atoms with E-state index in [0.29, 0.717) is 24.1 Å². The van der Waals surface area contributed by atoms with Crippen molar-refractivity contribution in [3.05, 3.63) is 77.1 Å². The number of hydrogen-bond acceptors (Lipinski definition) is 7. The Morgan fingerprint density at radius 1 is 0.886 bits per heavy atom. The smallest absolute Gasteiger partial charge is 0.253 e. The van der Waals surface area contributed by atoms with Crippen LogP contribution in [0.5, 0.6) is 11.5 Å². The molecule has 8 heteroatoms. The van der Waals surface area contributed by atoms with Crippen LogP contribution in [0, 0.1) is 12.8 Å². The predicted molar refractivity (Wildman–Crippen MR) is 174 cm³/mol. The number of fused-ring (bicyclic) bond motifs is 2. The summed E-state index contributed by atoms with van der Waals surface area (Å²) in [5.74, 6) is 3.35. The molecule has 228 valence electrons. The van der Waals surface area contributed by atoms with Gasteiger partial charge in [0.2, 0.25) is 0 Å². The Labute approximate surface area is 259 Å². The molecule has 3 aromatic carbocycles. The topological polar surface area (TPSA) is 79.8 Å². The summed E-state index contributed by atoms with van der Waals surface area (Å²) in [5.41, 5.74) is 7.44. The van der Waals surface area contributed by atoms with Gasteiger partial charge in [-0.05, 0) is 116 Å². The van der Waals surface area contributed by atoms with E-state index in [1.54, 1.807) is 20.5 Å². The maximum absolute atomic E-state index is 13.5. The van der Waals surface area contributed by atoms with Crippen LogP contribution in [0.2, 0.25) is 0 Å². The molecule has 44 heavy (non-hydrogen) atoms. The lowest BCUT2D eigenvalue weighted by molar-refractivity contribution is 0.0705. The standard InChI is InChI=1S/C36H41N5O3/c1-23-16-28(26-8-9-32(43-2)33(19-26)44-3)18-31-34(23)38-22-39-35(31)41-13-10-25-6-7-27(17-29(25)21-41)36(42)40-14-11-30(12-15-40)37-20-24-4-5-24/h6-9,16-19,22,24,30,37H,4-5,10-15,20-21H2,1-3H3. The van der Waals surface area contributed by atoms with E-state index < -0.39 is 0 Å². The fourth-order valence-corrected chi connectivity index (χ4v) is 6.76. The third kappa shape index (κ3) is 5.71. The largest absolute Gasteiger partial charge is 0.493 e. The fourth-order valence-electron chi connectivity index (χ4n) is 6.76. The quantitative estimate of drug-likeness (QED) is 0.278. The number of carbonyl (C=O) groups is 1. The third-order valence-corrected chi connectivity index (χ3v) is 9.56. The number of aromatic nitrogens is 2. The monoisotopic (exact) mass is 591 g/mol. The molecular weight excluding hydrogens is 550 g/mol. The van der Waals surface area contributed by atoms with E-state index >= 15 is 0 Å². The van der Waals surface area contributed by atoms with Gasteiger partial charge in [-0.25, -0.2) is 9.97 Å². The number of likely N-dealkylation sites (tertiary alicyclic amines) is 1. The van der Waals surface area contributed by atoms with Crippen LogP contribution in [0.1, 0.15) is 52.7 Å². The minimum Gasteiger partial charge on any atom is -0.493 e. The first-order valence-electron chi connectivity index (χ1n) is 15.9. The SMILES string of the molecule is COc1ccc(-c2cc(C)c3ncnc(N4CCc5ccc(C(=O)N6CCC(NCC7CC7)CC6)cc5C4)c3c2)cc1OC. The van der Waals surface area contributed by atoms with E-state index in [0.717, 1.165) is 90.3 Å². The summed E-state index contributed by atoms with van der Waals surface area (Å²) in [4.78, 5) is 27.4. The number of anilines is 1. The molecule has 4 aromatic rings. The van der Waals surface area contributed by atoms with Gasteiger partial charge in [0, 0.05) is 43.2 Å². The maximum Gasteiger partial charge on any atom is 0.253 e. The molecule has 1 aliphatic carbocycles. The molecule has 1 N–H and O–H groups in total. The highest BCUT2D eigenvalue weighted by atomic mass is 16.5. The molecule has 0 bridgehead atoms. The third-order valence-electron chi connectivity index (χ3n) is 9.56. The molecule has 1 aromatic heterocycles. The van der Waals surface area contributed by atoms with Gasteiger partial charge in [0.1, 0.15) is 12.1 Å². The Kier molecular flexibility index (Phi) is 7.85. The van der Waals surface area contributed by atoms with Gasteiger partial charge in [0.05, 0.1) is 19.7 Å². The van der Waals surface area contributed by atoms with Gasteiger partial charge in [-0.15, -0.1) is 0 Å². The number of aryl methyl sites for hydroxylation is 1. The van der Waals surface area contributed by atoms with Crippen LogP contribution in [-0.2, 0) is 13.0 Å². The highest BCUT2D eigenvalue weighted by Gasteiger charge is 2.28. The number of amides is 1. The molecule has 7 rings (SSSR count). The Hall–Kier alpha value is -4.17. The highest BCUT2D eigenvalue weighted by molar-refractivity contribution is 5.96. The average Bonchev–Trinajstić information content (AvgIpc) is 3.91. The predicted octanol–water partition coefficient (Wildman–Crippen LogP) is 5.79. The first-order chi connectivity index (χ1) is 21.5. The zero-order chi connectivity index (χ0) is 30.2. The summed E-state index contributed by atoms with van der Waals surface area (Å²) >= 11 is 0. The molecule has 0 unspecified atom stereocenters. The number of piperidine rings is 1. The van der Waals surface area contributed by atoms with Crippen molar-refractivity contribution in [2.75, 3.05) is 45.3 Å². The van der Waals surface area contributed by atoms with E-state index in [-0.39, 0.29) is 5.91 Å². The number of nitrogens with zero attached hydrogens (tertiary/aromatic N) is 4. The normalized spacial score (nSPS) is 17.1. The number of carbonyl (C=O) groups excluding carboxylic acids is 1. The summed E-state index contributed by atoms with van der Waals surface area (Å²) in [7, 11) is 3.30. The number of methoxy groups -OCH3 is 2. The lowest BCUT2D eigenvalue weighted by Gasteiger charge is -2.33. The summed E-state index contributed by atoms with van der Waals surface area (Å²) in [6, 6.07) is 17.2. The van der Waals surface area contributed by atoms with Gasteiger partial charge in [0.15, 0.2) is 11.5 Å². The molecule has 1 amide bonds. The van der Waals surface area contributed by atoms with Gasteiger partial charge >= 0.3 is 0 Å². The molecule has 2 fully saturated rings. The fraction of sp³-hybridized carbons (Fsp3) is 0.417. The maximum atomic E-state index is 13.5. The van der Waals surface area contributed by atoms with Crippen molar-refractivity contribution < 1.29 is 14.3 Å². The Bertz CT molecular complexity index is 1690. The molecule has 1 saturated carbocycles. The lowest BCUT2D eigenvalue weighted by Crippen LogP contribution is -2.45. The van der Waals surface area contributed by atoms with Gasteiger partial charge < -0.3 is 24.6 Å². The van der Waals surface area contributed by atoms with Crippen molar-refractivity contribution in [2.45, 2.75) is 51.6 Å². The van der Waals surface area contributed by atoms with Gasteiger partial charge in [-0.2, -0.15) is 0 Å². The molecule has 2 aliphatic heterocycles. The number of nitrogens with one attached hydrogen (secondary N) is 1. The molecule has 3 aliphatic rings. The number of benzene rings is 3. The van der Waals surface area contributed by atoms with Crippen LogP contribution < -0.4 is 19.7 Å². The van der Waals surface area contributed by atoms with E-state index in [9.17, 15) is 4.79 Å². The number of rotatable bonds is 8. The molecular formula is C36H41N5O3. The van der Waals surface area contributed by atoms with Crippen LogP contribution in [0.15, 0.2) is 54.9 Å². The average molecular weight is 592 g/mol. The second-order valence-electron chi connectivity index (χ2n) is 12.5. The van der Waals surface area contributed by atoms with Crippen LogP contribution in [0.25, 0.3) is 22.0 Å². The van der Waals surface area contributed by atoms with E-state index in [1.807, 2.05) is 29.2 Å².